The first kappa shape index (κ1) is 12.5. The molecule has 1 rings (SSSR count). The number of ether oxygens (including phenoxy) is 2. The molecule has 0 fully saturated rings. The lowest BCUT2D eigenvalue weighted by atomic mass is 10.0. The number of rotatable bonds is 3. The third-order valence-electron chi connectivity index (χ3n) is 2.07. The maximum atomic E-state index is 11.6. The average molecular weight is 284 g/mol. The number of nitrogens with zero attached hydrogens (tertiary/aromatic N) is 1. The summed E-state index contributed by atoms with van der Waals surface area (Å²) in [4.78, 5) is 11.6. The molecule has 4 nitrogen and oxygen atoms in total. The summed E-state index contributed by atoms with van der Waals surface area (Å²) < 4.78 is 9.75. The monoisotopic (exact) mass is 283 g/mol. The van der Waals surface area contributed by atoms with Crippen LogP contribution >= 0.6 is 15.9 Å². The van der Waals surface area contributed by atoms with Crippen molar-refractivity contribution >= 4 is 21.9 Å². The second-order valence-corrected chi connectivity index (χ2v) is 3.51. The number of carbonyl (C=O) groups is 1. The predicted molar refractivity (Wildman–Crippen MR) is 61.7 cm³/mol. The molecule has 0 unspecified atom stereocenters. The van der Waals surface area contributed by atoms with Crippen LogP contribution in [-0.4, -0.2) is 20.2 Å². The van der Waals surface area contributed by atoms with Gasteiger partial charge in [0.05, 0.1) is 25.9 Å². The fraction of sp³-hybridized carbons (Fsp3) is 0.273. The van der Waals surface area contributed by atoms with Crippen molar-refractivity contribution in [1.29, 1.82) is 5.26 Å². The Bertz CT molecular complexity index is 426. The highest BCUT2D eigenvalue weighted by Crippen LogP contribution is 2.27. The van der Waals surface area contributed by atoms with Crippen LogP contribution in [0.4, 0.5) is 0 Å². The Morgan fingerprint density at radius 3 is 2.62 bits per heavy atom. The van der Waals surface area contributed by atoms with Crippen molar-refractivity contribution < 1.29 is 14.3 Å². The summed E-state index contributed by atoms with van der Waals surface area (Å²) in [6, 6.07) is 5.15. The van der Waals surface area contributed by atoms with E-state index in [2.05, 4.69) is 20.7 Å². The number of esters is 1. The van der Waals surface area contributed by atoms with Gasteiger partial charge in [-0.05, 0) is 17.7 Å². The van der Waals surface area contributed by atoms with Crippen LogP contribution in [0.1, 0.15) is 21.5 Å². The number of alkyl halides is 1. The van der Waals surface area contributed by atoms with Gasteiger partial charge in [-0.15, -0.1) is 0 Å². The Balaban J connectivity index is 3.44. The second kappa shape index (κ2) is 5.52. The molecular formula is C11H10BrNO3. The summed E-state index contributed by atoms with van der Waals surface area (Å²) in [6.45, 7) is 0. The molecule has 0 aliphatic rings. The van der Waals surface area contributed by atoms with Gasteiger partial charge in [0.15, 0.2) is 0 Å². The van der Waals surface area contributed by atoms with Crippen LogP contribution in [0.5, 0.6) is 5.75 Å². The average Bonchev–Trinajstić information content (AvgIpc) is 2.35. The molecule has 0 amide bonds. The van der Waals surface area contributed by atoms with Crippen LogP contribution in [0.2, 0.25) is 0 Å². The molecule has 5 heteroatoms. The molecule has 0 saturated carbocycles. The van der Waals surface area contributed by atoms with Gasteiger partial charge in [-0.3, -0.25) is 0 Å². The van der Waals surface area contributed by atoms with Crippen LogP contribution in [0, 0.1) is 11.3 Å². The Kier molecular flexibility index (Phi) is 4.32. The third-order valence-corrected chi connectivity index (χ3v) is 2.67. The van der Waals surface area contributed by atoms with E-state index in [0.29, 0.717) is 27.8 Å². The molecule has 1 aromatic rings. The zero-order valence-electron chi connectivity index (χ0n) is 8.91. The largest absolute Gasteiger partial charge is 0.496 e. The van der Waals surface area contributed by atoms with Gasteiger partial charge in [0.2, 0.25) is 0 Å². The number of halogens is 1. The lowest BCUT2D eigenvalue weighted by molar-refractivity contribution is 0.0596. The summed E-state index contributed by atoms with van der Waals surface area (Å²) in [5.74, 6) is -0.129. The number of hydrogen-bond acceptors (Lipinski definition) is 4. The van der Waals surface area contributed by atoms with Crippen LogP contribution in [0.25, 0.3) is 0 Å². The first-order valence-corrected chi connectivity index (χ1v) is 5.55. The predicted octanol–water partition coefficient (Wildman–Crippen LogP) is 2.25. The molecule has 84 valence electrons. The van der Waals surface area contributed by atoms with Crippen molar-refractivity contribution in [3.8, 4) is 11.8 Å². The fourth-order valence-electron chi connectivity index (χ4n) is 1.34. The summed E-state index contributed by atoms with van der Waals surface area (Å²) in [5.41, 5.74) is 1.46. The molecule has 0 radical (unpaired) electrons. The number of hydrogen-bond donors (Lipinski definition) is 0. The summed E-state index contributed by atoms with van der Waals surface area (Å²) in [7, 11) is 2.75. The van der Waals surface area contributed by atoms with E-state index < -0.39 is 5.97 Å². The Labute approximate surface area is 102 Å². The van der Waals surface area contributed by atoms with Gasteiger partial charge in [-0.2, -0.15) is 5.26 Å². The van der Waals surface area contributed by atoms with E-state index in [9.17, 15) is 4.79 Å². The molecule has 0 bridgehead atoms. The topological polar surface area (TPSA) is 59.3 Å². The first-order valence-electron chi connectivity index (χ1n) is 4.43. The lowest BCUT2D eigenvalue weighted by Crippen LogP contribution is -2.08. The van der Waals surface area contributed by atoms with Gasteiger partial charge in [-0.1, -0.05) is 15.9 Å². The van der Waals surface area contributed by atoms with Crippen LogP contribution in [0.15, 0.2) is 12.1 Å². The zero-order chi connectivity index (χ0) is 12.1. The molecule has 0 heterocycles. The molecule has 16 heavy (non-hydrogen) atoms. The smallest absolute Gasteiger partial charge is 0.341 e. The second-order valence-electron chi connectivity index (χ2n) is 2.95. The Morgan fingerprint density at radius 2 is 2.19 bits per heavy atom. The number of methoxy groups -OCH3 is 2. The van der Waals surface area contributed by atoms with Crippen molar-refractivity contribution in [1.82, 2.24) is 0 Å². The standard InChI is InChI=1S/C11H10BrNO3/c1-15-9-4-7(6-13)3-8(5-12)10(9)11(14)16-2/h3-4H,5H2,1-2H3. The number of nitriles is 1. The molecule has 0 saturated heterocycles. The quantitative estimate of drug-likeness (QED) is 0.631. The lowest BCUT2D eigenvalue weighted by Gasteiger charge is -2.11. The third kappa shape index (κ3) is 2.34. The van der Waals surface area contributed by atoms with Crippen molar-refractivity contribution in [2.75, 3.05) is 14.2 Å². The molecule has 0 atom stereocenters. The molecule has 0 aliphatic heterocycles. The van der Waals surface area contributed by atoms with Gasteiger partial charge >= 0.3 is 5.97 Å². The minimum absolute atomic E-state index is 0.348. The highest BCUT2D eigenvalue weighted by atomic mass is 79.9. The van der Waals surface area contributed by atoms with E-state index in [-0.39, 0.29) is 0 Å². The number of benzene rings is 1. The van der Waals surface area contributed by atoms with Crippen molar-refractivity contribution in [3.63, 3.8) is 0 Å². The zero-order valence-corrected chi connectivity index (χ0v) is 10.5. The first-order chi connectivity index (χ1) is 7.67. The van der Waals surface area contributed by atoms with E-state index >= 15 is 0 Å². The van der Waals surface area contributed by atoms with Gasteiger partial charge in [0.25, 0.3) is 0 Å². The maximum Gasteiger partial charge on any atom is 0.341 e. The van der Waals surface area contributed by atoms with Crippen LogP contribution < -0.4 is 4.74 Å². The van der Waals surface area contributed by atoms with Crippen LogP contribution in [0.3, 0.4) is 0 Å². The fourth-order valence-corrected chi connectivity index (χ4v) is 1.78. The van der Waals surface area contributed by atoms with Gasteiger partial charge < -0.3 is 9.47 Å². The summed E-state index contributed by atoms with van der Waals surface area (Å²) in [5, 5.41) is 9.27. The van der Waals surface area contributed by atoms with Crippen molar-refractivity contribution in [3.05, 3.63) is 28.8 Å². The summed E-state index contributed by atoms with van der Waals surface area (Å²) in [6.07, 6.45) is 0. The van der Waals surface area contributed by atoms with Gasteiger partial charge in [0, 0.05) is 5.33 Å². The van der Waals surface area contributed by atoms with Gasteiger partial charge in [-0.25, -0.2) is 4.79 Å². The van der Waals surface area contributed by atoms with E-state index in [1.807, 2.05) is 6.07 Å². The normalized spacial score (nSPS) is 9.38. The molecule has 0 aliphatic carbocycles. The Hall–Kier alpha value is -1.54. The molecular weight excluding hydrogens is 274 g/mol. The maximum absolute atomic E-state index is 11.6. The van der Waals surface area contributed by atoms with E-state index in [1.54, 1.807) is 6.07 Å². The minimum Gasteiger partial charge on any atom is -0.496 e. The van der Waals surface area contributed by atoms with Crippen molar-refractivity contribution in [2.45, 2.75) is 5.33 Å². The highest BCUT2D eigenvalue weighted by Gasteiger charge is 2.18. The SMILES string of the molecule is COC(=O)c1c(CBr)cc(C#N)cc1OC. The number of carbonyl (C=O) groups excluding carboxylic acids is 1. The van der Waals surface area contributed by atoms with E-state index in [0.717, 1.165) is 0 Å². The van der Waals surface area contributed by atoms with Crippen molar-refractivity contribution in [2.24, 2.45) is 0 Å². The van der Waals surface area contributed by atoms with E-state index in [1.165, 1.54) is 20.3 Å². The van der Waals surface area contributed by atoms with Crippen LogP contribution in [-0.2, 0) is 10.1 Å². The molecule has 0 N–H and O–H groups in total. The summed E-state index contributed by atoms with van der Waals surface area (Å²) >= 11 is 3.26. The minimum atomic E-state index is -0.476. The molecule has 1 aromatic carbocycles. The van der Waals surface area contributed by atoms with Gasteiger partial charge in [0.1, 0.15) is 11.3 Å². The van der Waals surface area contributed by atoms with E-state index in [4.69, 9.17) is 10.00 Å². The molecule has 0 aromatic heterocycles. The molecule has 0 spiro atoms. The highest BCUT2D eigenvalue weighted by molar-refractivity contribution is 9.08. The Morgan fingerprint density at radius 1 is 1.50 bits per heavy atom.